The number of amides is 2. The summed E-state index contributed by atoms with van der Waals surface area (Å²) in [6, 6.07) is 11.8. The van der Waals surface area contributed by atoms with Crippen molar-refractivity contribution in [1.29, 1.82) is 0 Å². The van der Waals surface area contributed by atoms with E-state index in [0.29, 0.717) is 16.7 Å². The van der Waals surface area contributed by atoms with E-state index in [9.17, 15) is 18.0 Å². The molecule has 0 saturated heterocycles. The Bertz CT molecular complexity index is 941. The van der Waals surface area contributed by atoms with Crippen molar-refractivity contribution in [2.24, 2.45) is 0 Å². The molecule has 27 heavy (non-hydrogen) atoms. The van der Waals surface area contributed by atoms with E-state index >= 15 is 0 Å². The van der Waals surface area contributed by atoms with Gasteiger partial charge in [-0.15, -0.1) is 0 Å². The summed E-state index contributed by atoms with van der Waals surface area (Å²) >= 11 is 0. The average molecular weight is 389 g/mol. The van der Waals surface area contributed by atoms with E-state index < -0.39 is 15.9 Å². The van der Waals surface area contributed by atoms with Crippen LogP contribution in [0.1, 0.15) is 31.8 Å². The van der Waals surface area contributed by atoms with Crippen LogP contribution >= 0.6 is 0 Å². The van der Waals surface area contributed by atoms with Gasteiger partial charge in [0.2, 0.25) is 10.0 Å². The normalized spacial score (nSPS) is 11.1. The van der Waals surface area contributed by atoms with Crippen molar-refractivity contribution in [2.45, 2.75) is 18.7 Å². The molecule has 0 aliphatic rings. The summed E-state index contributed by atoms with van der Waals surface area (Å²) in [5.41, 5.74) is 2.09. The van der Waals surface area contributed by atoms with Gasteiger partial charge in [0, 0.05) is 24.2 Å². The minimum atomic E-state index is -3.66. The molecule has 7 nitrogen and oxygen atoms in total. The summed E-state index contributed by atoms with van der Waals surface area (Å²) in [6.45, 7) is 3.92. The summed E-state index contributed by atoms with van der Waals surface area (Å²) in [5, 5.41) is 5.39. The molecule has 2 amide bonds. The van der Waals surface area contributed by atoms with E-state index in [1.54, 1.807) is 44.2 Å². The lowest BCUT2D eigenvalue weighted by Crippen LogP contribution is -2.34. The second-order valence-electron chi connectivity index (χ2n) is 6.00. The maximum Gasteiger partial charge on any atom is 0.251 e. The van der Waals surface area contributed by atoms with Crippen LogP contribution in [0.25, 0.3) is 0 Å². The fourth-order valence-electron chi connectivity index (χ4n) is 2.49. The van der Waals surface area contributed by atoms with Crippen LogP contribution in [0, 0.1) is 13.8 Å². The van der Waals surface area contributed by atoms with Crippen LogP contribution in [0.3, 0.4) is 0 Å². The smallest absolute Gasteiger partial charge is 0.251 e. The number of hydrogen-bond acceptors (Lipinski definition) is 4. The third-order valence-electron chi connectivity index (χ3n) is 4.17. The Morgan fingerprint density at radius 1 is 0.889 bits per heavy atom. The van der Waals surface area contributed by atoms with Crippen LogP contribution in [0.5, 0.6) is 0 Å². The third kappa shape index (κ3) is 5.15. The lowest BCUT2D eigenvalue weighted by Gasteiger charge is -2.12. The number of sulfonamides is 1. The van der Waals surface area contributed by atoms with Crippen LogP contribution < -0.4 is 15.4 Å². The van der Waals surface area contributed by atoms with E-state index in [1.807, 2.05) is 6.07 Å². The Balaban J connectivity index is 1.99. The van der Waals surface area contributed by atoms with E-state index in [-0.39, 0.29) is 29.5 Å². The predicted molar refractivity (Wildman–Crippen MR) is 103 cm³/mol. The molecule has 0 heterocycles. The van der Waals surface area contributed by atoms with Crippen molar-refractivity contribution >= 4 is 21.8 Å². The maximum absolute atomic E-state index is 12.4. The van der Waals surface area contributed by atoms with Gasteiger partial charge in [-0.1, -0.05) is 18.2 Å². The molecule has 0 aromatic heterocycles. The first kappa shape index (κ1) is 20.6. The number of hydrogen-bond donors (Lipinski definition) is 3. The van der Waals surface area contributed by atoms with Gasteiger partial charge in [-0.3, -0.25) is 9.59 Å². The van der Waals surface area contributed by atoms with Crippen LogP contribution in [-0.2, 0) is 10.0 Å². The Hall–Kier alpha value is -2.71. The number of carbonyl (C=O) groups is 2. The highest BCUT2D eigenvalue weighted by atomic mass is 32.2. The summed E-state index contributed by atoms with van der Waals surface area (Å²) in [5.74, 6) is -0.627. The van der Waals surface area contributed by atoms with E-state index in [1.165, 1.54) is 13.1 Å². The zero-order chi connectivity index (χ0) is 20.0. The van der Waals surface area contributed by atoms with E-state index in [0.717, 1.165) is 0 Å². The van der Waals surface area contributed by atoms with Gasteiger partial charge in [0.1, 0.15) is 0 Å². The van der Waals surface area contributed by atoms with Gasteiger partial charge in [-0.05, 0) is 56.3 Å². The van der Waals surface area contributed by atoms with Crippen LogP contribution in [0.2, 0.25) is 0 Å². The predicted octanol–water partition coefficient (Wildman–Crippen LogP) is 1.37. The second-order valence-corrected chi connectivity index (χ2v) is 7.86. The Labute approximate surface area is 159 Å². The molecule has 3 N–H and O–H groups in total. The van der Waals surface area contributed by atoms with Crippen LogP contribution in [0.4, 0.5) is 0 Å². The number of carbonyl (C=O) groups excluding carboxylic acids is 2. The van der Waals surface area contributed by atoms with Crippen LogP contribution in [0.15, 0.2) is 47.4 Å². The van der Waals surface area contributed by atoms with Crippen molar-refractivity contribution in [1.82, 2.24) is 15.4 Å². The Morgan fingerprint density at radius 3 is 2.00 bits per heavy atom. The minimum Gasteiger partial charge on any atom is -0.350 e. The largest absolute Gasteiger partial charge is 0.350 e. The monoisotopic (exact) mass is 389 g/mol. The molecule has 0 fully saturated rings. The van der Waals surface area contributed by atoms with Gasteiger partial charge in [0.05, 0.1) is 4.90 Å². The molecule has 0 aliphatic carbocycles. The number of benzene rings is 2. The number of rotatable bonds is 7. The van der Waals surface area contributed by atoms with Gasteiger partial charge < -0.3 is 10.6 Å². The van der Waals surface area contributed by atoms with Crippen molar-refractivity contribution in [2.75, 3.05) is 20.1 Å². The lowest BCUT2D eigenvalue weighted by atomic mass is 10.1. The maximum atomic E-state index is 12.4. The zero-order valence-corrected chi connectivity index (χ0v) is 16.3. The second kappa shape index (κ2) is 8.79. The molecule has 0 radical (unpaired) electrons. The van der Waals surface area contributed by atoms with Gasteiger partial charge in [-0.25, -0.2) is 13.1 Å². The highest BCUT2D eigenvalue weighted by molar-refractivity contribution is 7.89. The first-order valence-electron chi connectivity index (χ1n) is 8.42. The van der Waals surface area contributed by atoms with Crippen molar-refractivity contribution in [3.05, 3.63) is 64.7 Å². The van der Waals surface area contributed by atoms with Crippen molar-refractivity contribution in [3.63, 3.8) is 0 Å². The molecule has 2 rings (SSSR count). The molecular formula is C19H23N3O4S. The molecular weight excluding hydrogens is 366 g/mol. The number of aryl methyl sites for hydroxylation is 1. The molecule has 0 saturated carbocycles. The van der Waals surface area contributed by atoms with Gasteiger partial charge in [-0.2, -0.15) is 0 Å². The summed E-state index contributed by atoms with van der Waals surface area (Å²) < 4.78 is 26.5. The molecule has 0 spiro atoms. The van der Waals surface area contributed by atoms with Gasteiger partial charge >= 0.3 is 0 Å². The molecule has 8 heteroatoms. The quantitative estimate of drug-likeness (QED) is 0.622. The average Bonchev–Trinajstić information content (AvgIpc) is 2.67. The lowest BCUT2D eigenvalue weighted by molar-refractivity contribution is 0.0927. The number of nitrogens with one attached hydrogen (secondary N) is 3. The third-order valence-corrected chi connectivity index (χ3v) is 5.71. The van der Waals surface area contributed by atoms with Crippen molar-refractivity contribution in [3.8, 4) is 0 Å². The fraction of sp³-hybridized carbons (Fsp3) is 0.263. The fourth-order valence-corrected chi connectivity index (χ4v) is 3.56. The highest BCUT2D eigenvalue weighted by Gasteiger charge is 2.19. The standard InChI is InChI=1S/C19H23N3O4S/c1-13-11-16(12-17(14(13)2)27(25,26)20-3)19(24)22-10-9-21-18(23)15-7-5-4-6-8-15/h4-8,11-12,20H,9-10H2,1-3H3,(H,21,23)(H,22,24). The zero-order valence-electron chi connectivity index (χ0n) is 15.5. The van der Waals surface area contributed by atoms with Crippen LogP contribution in [-0.4, -0.2) is 40.4 Å². The Kier molecular flexibility index (Phi) is 6.70. The molecule has 0 bridgehead atoms. The molecule has 0 aliphatic heterocycles. The first-order valence-corrected chi connectivity index (χ1v) is 9.91. The Morgan fingerprint density at radius 2 is 1.44 bits per heavy atom. The molecule has 2 aromatic carbocycles. The molecule has 144 valence electrons. The van der Waals surface area contributed by atoms with Gasteiger partial charge in [0.15, 0.2) is 0 Å². The van der Waals surface area contributed by atoms with Gasteiger partial charge in [0.25, 0.3) is 11.8 Å². The van der Waals surface area contributed by atoms with E-state index in [2.05, 4.69) is 15.4 Å². The molecule has 0 atom stereocenters. The first-order chi connectivity index (χ1) is 12.8. The summed E-state index contributed by atoms with van der Waals surface area (Å²) in [7, 11) is -2.34. The highest BCUT2D eigenvalue weighted by Crippen LogP contribution is 2.20. The van der Waals surface area contributed by atoms with E-state index in [4.69, 9.17) is 0 Å². The molecule has 2 aromatic rings. The van der Waals surface area contributed by atoms with Crippen molar-refractivity contribution < 1.29 is 18.0 Å². The molecule has 0 unspecified atom stereocenters. The summed E-state index contributed by atoms with van der Waals surface area (Å²) in [4.78, 5) is 24.4. The SMILES string of the molecule is CNS(=O)(=O)c1cc(C(=O)NCCNC(=O)c2ccccc2)cc(C)c1C. The topological polar surface area (TPSA) is 104 Å². The minimum absolute atomic E-state index is 0.0764. The summed E-state index contributed by atoms with van der Waals surface area (Å²) in [6.07, 6.45) is 0.